The maximum atomic E-state index is 12.3. The number of thioether (sulfide) groups is 1. The Kier molecular flexibility index (Phi) is 4.42. The van der Waals surface area contributed by atoms with Gasteiger partial charge in [0.1, 0.15) is 11.3 Å². The summed E-state index contributed by atoms with van der Waals surface area (Å²) in [5.41, 5.74) is 2.83. The fraction of sp³-hybridized carbons (Fsp3) is 0.200. The average molecular weight is 365 g/mol. The molecule has 1 atom stereocenters. The van der Waals surface area contributed by atoms with Crippen LogP contribution in [0.25, 0.3) is 22.0 Å². The molecule has 0 aliphatic heterocycles. The smallest absolute Gasteiger partial charge is 0.231 e. The number of carbonyl (C=O) groups excluding carboxylic acids is 1. The quantitative estimate of drug-likeness (QED) is 0.536. The van der Waals surface area contributed by atoms with Gasteiger partial charge in [0.05, 0.1) is 22.8 Å². The zero-order valence-corrected chi connectivity index (χ0v) is 15.4. The van der Waals surface area contributed by atoms with Crippen LogP contribution in [0.3, 0.4) is 0 Å². The van der Waals surface area contributed by atoms with Crippen molar-refractivity contribution in [2.45, 2.75) is 18.1 Å². The first-order chi connectivity index (χ1) is 12.6. The van der Waals surface area contributed by atoms with Crippen molar-refractivity contribution in [2.75, 3.05) is 5.75 Å². The predicted octanol–water partition coefficient (Wildman–Crippen LogP) is 4.29. The van der Waals surface area contributed by atoms with Crippen LogP contribution in [-0.2, 0) is 11.8 Å². The van der Waals surface area contributed by atoms with Crippen molar-refractivity contribution < 1.29 is 9.21 Å². The van der Waals surface area contributed by atoms with E-state index in [9.17, 15) is 4.79 Å². The molecule has 2 heterocycles. The van der Waals surface area contributed by atoms with E-state index < -0.39 is 0 Å². The van der Waals surface area contributed by atoms with Gasteiger partial charge in [-0.25, -0.2) is 4.98 Å². The third-order valence-electron chi connectivity index (χ3n) is 4.33. The number of rotatable bonds is 5. The largest absolute Gasteiger partial charge is 0.459 e. The molecule has 1 N–H and O–H groups in total. The normalized spacial score (nSPS) is 12.5. The number of furan rings is 1. The number of carbonyl (C=O) groups is 1. The van der Waals surface area contributed by atoms with Crippen molar-refractivity contribution >= 4 is 39.7 Å². The summed E-state index contributed by atoms with van der Waals surface area (Å²) in [5, 5.41) is 4.86. The molecule has 0 fully saturated rings. The molecule has 0 saturated heterocycles. The molecule has 0 saturated carbocycles. The lowest BCUT2D eigenvalue weighted by molar-refractivity contribution is -0.119. The zero-order chi connectivity index (χ0) is 18.1. The van der Waals surface area contributed by atoms with Gasteiger partial charge in [0.15, 0.2) is 5.16 Å². The summed E-state index contributed by atoms with van der Waals surface area (Å²) >= 11 is 1.43. The number of imidazole rings is 1. The fourth-order valence-electron chi connectivity index (χ4n) is 2.95. The lowest BCUT2D eigenvalue weighted by atomic mass is 10.2. The van der Waals surface area contributed by atoms with E-state index in [1.807, 2.05) is 73.1 Å². The number of hydrogen-bond acceptors (Lipinski definition) is 4. The number of fused-ring (bicyclic) bond motifs is 2. The van der Waals surface area contributed by atoms with Gasteiger partial charge < -0.3 is 14.3 Å². The topological polar surface area (TPSA) is 60.1 Å². The van der Waals surface area contributed by atoms with Gasteiger partial charge in [-0.1, -0.05) is 42.1 Å². The van der Waals surface area contributed by atoms with Crippen molar-refractivity contribution in [2.24, 2.45) is 7.05 Å². The predicted molar refractivity (Wildman–Crippen MR) is 104 cm³/mol. The maximum Gasteiger partial charge on any atom is 0.231 e. The summed E-state index contributed by atoms with van der Waals surface area (Å²) in [7, 11) is 1.96. The van der Waals surface area contributed by atoms with Crippen LogP contribution in [0.1, 0.15) is 18.7 Å². The Balaban J connectivity index is 1.40. The van der Waals surface area contributed by atoms with E-state index in [2.05, 4.69) is 10.3 Å². The van der Waals surface area contributed by atoms with Gasteiger partial charge in [-0.05, 0) is 31.2 Å². The van der Waals surface area contributed by atoms with Crippen LogP contribution in [-0.4, -0.2) is 21.2 Å². The maximum absolute atomic E-state index is 12.3. The molecule has 2 aromatic carbocycles. The highest BCUT2D eigenvalue weighted by Crippen LogP contribution is 2.25. The monoisotopic (exact) mass is 365 g/mol. The Hall–Kier alpha value is -2.73. The van der Waals surface area contributed by atoms with Gasteiger partial charge in [-0.2, -0.15) is 0 Å². The van der Waals surface area contributed by atoms with E-state index in [4.69, 9.17) is 4.42 Å². The van der Waals surface area contributed by atoms with E-state index in [0.29, 0.717) is 5.75 Å². The first-order valence-corrected chi connectivity index (χ1v) is 9.42. The second-order valence-electron chi connectivity index (χ2n) is 6.21. The van der Waals surface area contributed by atoms with Crippen molar-refractivity contribution in [3.8, 4) is 0 Å². The number of aromatic nitrogens is 2. The van der Waals surface area contributed by atoms with E-state index in [1.165, 1.54) is 11.8 Å². The summed E-state index contributed by atoms with van der Waals surface area (Å²) in [6.45, 7) is 1.93. The Morgan fingerprint density at radius 1 is 1.23 bits per heavy atom. The average Bonchev–Trinajstić information content (AvgIpc) is 3.22. The van der Waals surface area contributed by atoms with Crippen LogP contribution in [0.15, 0.2) is 64.2 Å². The minimum absolute atomic E-state index is 0.0463. The van der Waals surface area contributed by atoms with Crippen LogP contribution in [0, 0.1) is 0 Å². The molecule has 0 aliphatic carbocycles. The van der Waals surface area contributed by atoms with Crippen LogP contribution >= 0.6 is 11.8 Å². The number of benzene rings is 2. The molecular formula is C20H19N3O2S. The van der Waals surface area contributed by atoms with E-state index in [0.717, 1.165) is 32.9 Å². The van der Waals surface area contributed by atoms with Crippen molar-refractivity contribution in [1.29, 1.82) is 0 Å². The third-order valence-corrected chi connectivity index (χ3v) is 5.36. The Bertz CT molecular complexity index is 1050. The Morgan fingerprint density at radius 3 is 2.81 bits per heavy atom. The highest BCUT2D eigenvalue weighted by molar-refractivity contribution is 7.99. The van der Waals surface area contributed by atoms with E-state index in [-0.39, 0.29) is 11.9 Å². The molecule has 2 aromatic heterocycles. The van der Waals surface area contributed by atoms with Crippen LogP contribution < -0.4 is 5.32 Å². The number of nitrogens with zero attached hydrogens (tertiary/aromatic N) is 2. The number of para-hydroxylation sites is 3. The van der Waals surface area contributed by atoms with Gasteiger partial charge in [0.2, 0.25) is 5.91 Å². The van der Waals surface area contributed by atoms with Gasteiger partial charge in [-0.15, -0.1) is 0 Å². The molecular weight excluding hydrogens is 346 g/mol. The SMILES string of the molecule is CC(NC(=O)CSc1nc2ccccc2n1C)c1cc2ccccc2o1. The van der Waals surface area contributed by atoms with Gasteiger partial charge in [0, 0.05) is 12.4 Å². The van der Waals surface area contributed by atoms with Gasteiger partial charge in [-0.3, -0.25) is 4.79 Å². The lowest BCUT2D eigenvalue weighted by Crippen LogP contribution is -2.28. The van der Waals surface area contributed by atoms with Gasteiger partial charge >= 0.3 is 0 Å². The molecule has 5 nitrogen and oxygen atoms in total. The standard InChI is InChI=1S/C20H19N3O2S/c1-13(18-11-14-7-3-6-10-17(14)25-18)21-19(24)12-26-20-22-15-8-4-5-9-16(15)23(20)2/h3-11,13H,12H2,1-2H3,(H,21,24). The zero-order valence-electron chi connectivity index (χ0n) is 14.6. The lowest BCUT2D eigenvalue weighted by Gasteiger charge is -2.11. The highest BCUT2D eigenvalue weighted by atomic mass is 32.2. The van der Waals surface area contributed by atoms with Crippen LogP contribution in [0.5, 0.6) is 0 Å². The molecule has 4 aromatic rings. The molecule has 6 heteroatoms. The van der Waals surface area contributed by atoms with Crippen molar-refractivity contribution in [3.63, 3.8) is 0 Å². The van der Waals surface area contributed by atoms with Crippen LogP contribution in [0.2, 0.25) is 0 Å². The highest BCUT2D eigenvalue weighted by Gasteiger charge is 2.15. The van der Waals surface area contributed by atoms with Crippen LogP contribution in [0.4, 0.5) is 0 Å². The minimum Gasteiger partial charge on any atom is -0.459 e. The van der Waals surface area contributed by atoms with Crippen molar-refractivity contribution in [3.05, 3.63) is 60.4 Å². The number of amides is 1. The molecule has 0 bridgehead atoms. The summed E-state index contributed by atoms with van der Waals surface area (Å²) in [5.74, 6) is 1.02. The molecule has 4 rings (SSSR count). The minimum atomic E-state index is -0.184. The molecule has 1 amide bonds. The fourth-order valence-corrected chi connectivity index (χ4v) is 3.75. The first kappa shape index (κ1) is 16.7. The first-order valence-electron chi connectivity index (χ1n) is 8.44. The molecule has 0 radical (unpaired) electrons. The van der Waals surface area contributed by atoms with Crippen molar-refractivity contribution in [1.82, 2.24) is 14.9 Å². The molecule has 1 unspecified atom stereocenters. The second-order valence-corrected chi connectivity index (χ2v) is 7.15. The summed E-state index contributed by atoms with van der Waals surface area (Å²) < 4.78 is 7.82. The molecule has 0 aliphatic rings. The summed E-state index contributed by atoms with van der Waals surface area (Å²) in [6, 6.07) is 17.6. The molecule has 26 heavy (non-hydrogen) atoms. The summed E-state index contributed by atoms with van der Waals surface area (Å²) in [4.78, 5) is 16.9. The Morgan fingerprint density at radius 2 is 2.00 bits per heavy atom. The number of aryl methyl sites for hydroxylation is 1. The summed E-state index contributed by atoms with van der Waals surface area (Å²) in [6.07, 6.45) is 0. The molecule has 132 valence electrons. The molecule has 0 spiro atoms. The van der Waals surface area contributed by atoms with Gasteiger partial charge in [0.25, 0.3) is 0 Å². The number of hydrogen-bond donors (Lipinski definition) is 1. The third kappa shape index (κ3) is 3.20. The number of nitrogens with one attached hydrogen (secondary N) is 1. The second kappa shape index (κ2) is 6.88. The Labute approximate surface area is 155 Å². The van der Waals surface area contributed by atoms with E-state index in [1.54, 1.807) is 0 Å². The van der Waals surface area contributed by atoms with E-state index >= 15 is 0 Å².